The highest BCUT2D eigenvalue weighted by Gasteiger charge is 2.26. The Kier molecular flexibility index (Phi) is 4.43. The SMILES string of the molecule is O=C(NCc1ccco1)c1nc(C(=O)N2CCCCC2)n2ccccc12. The van der Waals surface area contributed by atoms with E-state index in [4.69, 9.17) is 4.42 Å². The van der Waals surface area contributed by atoms with Crippen molar-refractivity contribution in [1.82, 2.24) is 19.6 Å². The minimum Gasteiger partial charge on any atom is -0.467 e. The number of hydrogen-bond donors (Lipinski definition) is 1. The van der Waals surface area contributed by atoms with Crippen molar-refractivity contribution in [2.24, 2.45) is 0 Å². The Labute approximate surface area is 150 Å². The van der Waals surface area contributed by atoms with E-state index in [1.165, 1.54) is 0 Å². The molecular weight excluding hydrogens is 332 g/mol. The van der Waals surface area contributed by atoms with Gasteiger partial charge in [0.15, 0.2) is 5.69 Å². The Morgan fingerprint density at radius 2 is 1.96 bits per heavy atom. The number of piperidine rings is 1. The van der Waals surface area contributed by atoms with Gasteiger partial charge in [-0.1, -0.05) is 6.07 Å². The smallest absolute Gasteiger partial charge is 0.290 e. The van der Waals surface area contributed by atoms with Crippen LogP contribution in [0.1, 0.15) is 46.1 Å². The zero-order valence-corrected chi connectivity index (χ0v) is 14.4. The van der Waals surface area contributed by atoms with Gasteiger partial charge in [0.05, 0.1) is 18.3 Å². The van der Waals surface area contributed by atoms with E-state index in [9.17, 15) is 9.59 Å². The molecule has 7 heteroatoms. The first-order valence-corrected chi connectivity index (χ1v) is 8.81. The summed E-state index contributed by atoms with van der Waals surface area (Å²) in [6.45, 7) is 1.74. The highest BCUT2D eigenvalue weighted by atomic mass is 16.3. The van der Waals surface area contributed by atoms with Crippen molar-refractivity contribution in [3.8, 4) is 0 Å². The number of likely N-dealkylation sites (tertiary alicyclic amines) is 1. The van der Waals surface area contributed by atoms with Crippen LogP contribution in [0.3, 0.4) is 0 Å². The highest BCUT2D eigenvalue weighted by molar-refractivity contribution is 6.02. The molecule has 2 amide bonds. The second-order valence-corrected chi connectivity index (χ2v) is 6.35. The van der Waals surface area contributed by atoms with Crippen LogP contribution in [0.2, 0.25) is 0 Å². The first-order valence-electron chi connectivity index (χ1n) is 8.81. The largest absolute Gasteiger partial charge is 0.467 e. The van der Waals surface area contributed by atoms with Crippen molar-refractivity contribution in [3.05, 3.63) is 60.1 Å². The van der Waals surface area contributed by atoms with Gasteiger partial charge in [-0.3, -0.25) is 14.0 Å². The van der Waals surface area contributed by atoms with Gasteiger partial charge in [0, 0.05) is 19.3 Å². The van der Waals surface area contributed by atoms with Gasteiger partial charge in [0.2, 0.25) is 5.82 Å². The molecule has 0 spiro atoms. The van der Waals surface area contributed by atoms with Crippen LogP contribution in [0, 0.1) is 0 Å². The number of aromatic nitrogens is 2. The number of pyridine rings is 1. The van der Waals surface area contributed by atoms with Crippen molar-refractivity contribution in [2.45, 2.75) is 25.8 Å². The van der Waals surface area contributed by atoms with Crippen LogP contribution in [0.5, 0.6) is 0 Å². The first kappa shape index (κ1) is 16.4. The topological polar surface area (TPSA) is 79.8 Å². The van der Waals surface area contributed by atoms with E-state index in [0.717, 1.165) is 32.4 Å². The Hall–Kier alpha value is -3.09. The maximum Gasteiger partial charge on any atom is 0.290 e. The van der Waals surface area contributed by atoms with E-state index in [-0.39, 0.29) is 29.9 Å². The van der Waals surface area contributed by atoms with E-state index >= 15 is 0 Å². The number of rotatable bonds is 4. The van der Waals surface area contributed by atoms with Crippen LogP contribution in [-0.4, -0.2) is 39.2 Å². The minimum atomic E-state index is -0.331. The van der Waals surface area contributed by atoms with E-state index in [2.05, 4.69) is 10.3 Å². The minimum absolute atomic E-state index is 0.129. The van der Waals surface area contributed by atoms with Gasteiger partial charge >= 0.3 is 0 Å². The molecule has 4 rings (SSSR count). The van der Waals surface area contributed by atoms with E-state index in [0.29, 0.717) is 11.3 Å². The van der Waals surface area contributed by atoms with Crippen LogP contribution in [0.15, 0.2) is 47.2 Å². The maximum atomic E-state index is 12.9. The lowest BCUT2D eigenvalue weighted by Crippen LogP contribution is -2.36. The average molecular weight is 352 g/mol. The lowest BCUT2D eigenvalue weighted by molar-refractivity contribution is 0.0711. The summed E-state index contributed by atoms with van der Waals surface area (Å²) in [5.41, 5.74) is 0.863. The molecule has 3 aromatic rings. The van der Waals surface area contributed by atoms with Crippen LogP contribution >= 0.6 is 0 Å². The van der Waals surface area contributed by atoms with E-state index in [1.54, 1.807) is 35.1 Å². The zero-order valence-electron chi connectivity index (χ0n) is 14.4. The fraction of sp³-hybridized carbons (Fsp3) is 0.316. The summed E-state index contributed by atoms with van der Waals surface area (Å²) >= 11 is 0. The highest BCUT2D eigenvalue weighted by Crippen LogP contribution is 2.17. The van der Waals surface area contributed by atoms with Gasteiger partial charge in [-0.05, 0) is 43.5 Å². The van der Waals surface area contributed by atoms with Gasteiger partial charge < -0.3 is 14.6 Å². The van der Waals surface area contributed by atoms with Gasteiger partial charge in [0.1, 0.15) is 5.76 Å². The predicted octanol–water partition coefficient (Wildman–Crippen LogP) is 2.48. The number of carbonyl (C=O) groups excluding carboxylic acids is 2. The lowest BCUT2D eigenvalue weighted by atomic mass is 10.1. The number of nitrogens with zero attached hydrogens (tertiary/aromatic N) is 3. The Morgan fingerprint density at radius 1 is 1.12 bits per heavy atom. The number of imidazole rings is 1. The summed E-state index contributed by atoms with van der Waals surface area (Å²) in [6.07, 6.45) is 6.48. The van der Waals surface area contributed by atoms with Crippen LogP contribution < -0.4 is 5.32 Å². The molecule has 1 aliphatic heterocycles. The summed E-state index contributed by atoms with van der Waals surface area (Å²) < 4.78 is 6.92. The Balaban J connectivity index is 1.63. The molecule has 0 bridgehead atoms. The van der Waals surface area contributed by atoms with Crippen molar-refractivity contribution in [1.29, 1.82) is 0 Å². The quantitative estimate of drug-likeness (QED) is 0.782. The summed E-state index contributed by atoms with van der Waals surface area (Å²) in [4.78, 5) is 31.7. The first-order chi connectivity index (χ1) is 12.7. The number of hydrogen-bond acceptors (Lipinski definition) is 4. The molecule has 1 fully saturated rings. The lowest BCUT2D eigenvalue weighted by Gasteiger charge is -2.25. The van der Waals surface area contributed by atoms with Crippen LogP contribution in [0.4, 0.5) is 0 Å². The van der Waals surface area contributed by atoms with Crippen molar-refractivity contribution in [3.63, 3.8) is 0 Å². The summed E-state index contributed by atoms with van der Waals surface area (Å²) in [5, 5.41) is 2.79. The molecule has 0 atom stereocenters. The molecule has 3 aromatic heterocycles. The molecule has 134 valence electrons. The number of amides is 2. The summed E-state index contributed by atoms with van der Waals surface area (Å²) in [5.74, 6) is 0.482. The Bertz CT molecular complexity index is 924. The molecule has 0 unspecified atom stereocenters. The Morgan fingerprint density at radius 3 is 2.73 bits per heavy atom. The zero-order chi connectivity index (χ0) is 17.9. The fourth-order valence-electron chi connectivity index (χ4n) is 3.26. The van der Waals surface area contributed by atoms with Crippen LogP contribution in [-0.2, 0) is 6.54 Å². The molecule has 4 heterocycles. The standard InChI is InChI=1S/C19H20N4O3/c24-18(20-13-14-7-6-12-26-14)16-15-8-2-5-11-23(15)17(21-16)19(25)22-9-3-1-4-10-22/h2,5-8,11-12H,1,3-4,9-10,13H2,(H,20,24). The molecule has 1 saturated heterocycles. The molecule has 7 nitrogen and oxygen atoms in total. The molecule has 0 aromatic carbocycles. The predicted molar refractivity (Wildman–Crippen MR) is 94.8 cm³/mol. The van der Waals surface area contributed by atoms with E-state index < -0.39 is 0 Å². The third-order valence-corrected chi connectivity index (χ3v) is 4.60. The molecule has 26 heavy (non-hydrogen) atoms. The van der Waals surface area contributed by atoms with Gasteiger partial charge in [-0.25, -0.2) is 4.98 Å². The second-order valence-electron chi connectivity index (χ2n) is 6.35. The van der Waals surface area contributed by atoms with E-state index in [1.807, 2.05) is 17.0 Å². The molecular formula is C19H20N4O3. The second kappa shape index (κ2) is 7.03. The summed E-state index contributed by atoms with van der Waals surface area (Å²) in [7, 11) is 0. The van der Waals surface area contributed by atoms with Crippen molar-refractivity contribution >= 4 is 17.3 Å². The average Bonchev–Trinajstić information content (AvgIpc) is 3.34. The summed E-state index contributed by atoms with van der Waals surface area (Å²) in [6, 6.07) is 9.00. The normalized spacial score (nSPS) is 14.5. The third kappa shape index (κ3) is 3.08. The number of nitrogens with one attached hydrogen (secondary N) is 1. The third-order valence-electron chi connectivity index (χ3n) is 4.60. The number of fused-ring (bicyclic) bond motifs is 1. The molecule has 1 aliphatic rings. The monoisotopic (exact) mass is 352 g/mol. The van der Waals surface area contributed by atoms with Gasteiger partial charge in [0.25, 0.3) is 11.8 Å². The molecule has 1 N–H and O–H groups in total. The van der Waals surface area contributed by atoms with Crippen molar-refractivity contribution in [2.75, 3.05) is 13.1 Å². The van der Waals surface area contributed by atoms with Crippen molar-refractivity contribution < 1.29 is 14.0 Å². The molecule has 0 radical (unpaired) electrons. The molecule has 0 aliphatic carbocycles. The maximum absolute atomic E-state index is 12.9. The van der Waals surface area contributed by atoms with Gasteiger partial charge in [-0.15, -0.1) is 0 Å². The number of carbonyl (C=O) groups is 2. The van der Waals surface area contributed by atoms with Gasteiger partial charge in [-0.2, -0.15) is 0 Å². The van der Waals surface area contributed by atoms with Crippen LogP contribution in [0.25, 0.3) is 5.52 Å². The molecule has 0 saturated carbocycles. The fourth-order valence-corrected chi connectivity index (χ4v) is 3.26. The number of furan rings is 1.